The van der Waals surface area contributed by atoms with E-state index in [4.69, 9.17) is 4.98 Å². The average molecular weight is 475 g/mol. The standard InChI is InChI=1S/C26H34N8O/c1-4-19-16-27-25(28-17-19)29-20-7-6-10-34(18-20)26-30-22-15-21(8-9-23(22)31(26)3)32-11-13-33(14-12-32)24(35)5-2/h5,8-9,15-17,20H,2,4,6-7,10-14,18H2,1,3H3,(H,27,28,29)/t20-/m1/s1. The van der Waals surface area contributed by atoms with Crippen molar-refractivity contribution in [2.24, 2.45) is 7.05 Å². The van der Waals surface area contributed by atoms with Crippen molar-refractivity contribution in [1.82, 2.24) is 24.4 Å². The highest BCUT2D eigenvalue weighted by Crippen LogP contribution is 2.28. The topological polar surface area (TPSA) is 82.4 Å². The van der Waals surface area contributed by atoms with E-state index in [0.29, 0.717) is 19.0 Å². The van der Waals surface area contributed by atoms with E-state index in [1.807, 2.05) is 17.3 Å². The molecule has 2 aliphatic heterocycles. The minimum atomic E-state index is 0.00771. The first-order valence-electron chi connectivity index (χ1n) is 12.5. The minimum Gasteiger partial charge on any atom is -0.368 e. The van der Waals surface area contributed by atoms with E-state index in [-0.39, 0.29) is 11.9 Å². The van der Waals surface area contributed by atoms with E-state index in [1.54, 1.807) is 0 Å². The van der Waals surface area contributed by atoms with Crippen molar-refractivity contribution in [3.8, 4) is 0 Å². The molecule has 1 N–H and O–H groups in total. The molecule has 0 unspecified atom stereocenters. The summed E-state index contributed by atoms with van der Waals surface area (Å²) in [6.45, 7) is 10.6. The number of carbonyl (C=O) groups is 1. The molecule has 2 aromatic heterocycles. The number of imidazole rings is 1. The molecular weight excluding hydrogens is 440 g/mol. The van der Waals surface area contributed by atoms with Crippen LogP contribution in [0.15, 0.2) is 43.2 Å². The predicted octanol–water partition coefficient (Wildman–Crippen LogP) is 2.84. The van der Waals surface area contributed by atoms with Crippen LogP contribution in [0.25, 0.3) is 11.0 Å². The van der Waals surface area contributed by atoms with Gasteiger partial charge in [-0.15, -0.1) is 0 Å². The van der Waals surface area contributed by atoms with Crippen molar-refractivity contribution in [2.45, 2.75) is 32.2 Å². The Balaban J connectivity index is 1.29. The number of nitrogens with one attached hydrogen (secondary N) is 1. The van der Waals surface area contributed by atoms with Crippen molar-refractivity contribution in [2.75, 3.05) is 54.4 Å². The first kappa shape index (κ1) is 23.1. The molecule has 2 saturated heterocycles. The Labute approximate surface area is 206 Å². The molecule has 2 fully saturated rings. The Bertz CT molecular complexity index is 1200. The zero-order valence-electron chi connectivity index (χ0n) is 20.7. The second kappa shape index (κ2) is 9.93. The molecule has 0 saturated carbocycles. The number of hydrogen-bond acceptors (Lipinski definition) is 7. The summed E-state index contributed by atoms with van der Waals surface area (Å²) in [6, 6.07) is 6.77. The van der Waals surface area contributed by atoms with Crippen LogP contribution in [0, 0.1) is 0 Å². The van der Waals surface area contributed by atoms with Gasteiger partial charge in [0.1, 0.15) is 0 Å². The summed E-state index contributed by atoms with van der Waals surface area (Å²) in [5.74, 6) is 1.69. The van der Waals surface area contributed by atoms with Gasteiger partial charge in [-0.2, -0.15) is 0 Å². The zero-order valence-corrected chi connectivity index (χ0v) is 20.7. The number of nitrogens with zero attached hydrogens (tertiary/aromatic N) is 7. The number of aryl methyl sites for hydroxylation is 2. The number of anilines is 3. The third-order valence-electron chi connectivity index (χ3n) is 7.12. The zero-order chi connectivity index (χ0) is 24.4. The fraction of sp³-hybridized carbons (Fsp3) is 0.462. The summed E-state index contributed by atoms with van der Waals surface area (Å²) in [5.41, 5.74) is 4.42. The molecule has 0 radical (unpaired) electrons. The number of aromatic nitrogens is 4. The Kier molecular flexibility index (Phi) is 6.57. The second-order valence-electron chi connectivity index (χ2n) is 9.36. The molecule has 1 aromatic carbocycles. The fourth-order valence-electron chi connectivity index (χ4n) is 5.04. The highest BCUT2D eigenvalue weighted by Gasteiger charge is 2.25. The molecule has 184 valence electrons. The van der Waals surface area contributed by atoms with Crippen molar-refractivity contribution >= 4 is 34.5 Å². The Morgan fingerprint density at radius 3 is 2.63 bits per heavy atom. The SMILES string of the molecule is C=CC(=O)N1CCN(c2ccc3c(c2)nc(N2CCC[C@@H](Nc4ncc(CC)cn4)C2)n3C)CC1. The minimum absolute atomic E-state index is 0.00771. The summed E-state index contributed by atoms with van der Waals surface area (Å²) in [5, 5.41) is 3.51. The number of carbonyl (C=O) groups excluding carboxylic acids is 1. The lowest BCUT2D eigenvalue weighted by atomic mass is 10.1. The molecule has 0 spiro atoms. The van der Waals surface area contributed by atoms with Crippen molar-refractivity contribution in [3.63, 3.8) is 0 Å². The maximum atomic E-state index is 11.9. The molecule has 3 aromatic rings. The van der Waals surface area contributed by atoms with Crippen LogP contribution < -0.4 is 15.1 Å². The lowest BCUT2D eigenvalue weighted by Crippen LogP contribution is -2.48. The van der Waals surface area contributed by atoms with Crippen molar-refractivity contribution < 1.29 is 4.79 Å². The Hall–Kier alpha value is -3.62. The molecule has 0 aliphatic carbocycles. The van der Waals surface area contributed by atoms with E-state index in [1.165, 1.54) is 6.08 Å². The molecule has 1 atom stereocenters. The lowest BCUT2D eigenvalue weighted by molar-refractivity contribution is -0.126. The van der Waals surface area contributed by atoms with E-state index in [2.05, 4.69) is 68.4 Å². The maximum Gasteiger partial charge on any atom is 0.246 e. The molecular formula is C26H34N8O. The summed E-state index contributed by atoms with van der Waals surface area (Å²) in [6.07, 6.45) is 8.31. The van der Waals surface area contributed by atoms with Crippen LogP contribution >= 0.6 is 0 Å². The number of piperazine rings is 1. The number of benzene rings is 1. The number of amides is 1. The van der Waals surface area contributed by atoms with Crippen molar-refractivity contribution in [3.05, 3.63) is 48.8 Å². The molecule has 2 aliphatic rings. The van der Waals surface area contributed by atoms with Crippen LogP contribution in [-0.4, -0.2) is 75.6 Å². The maximum absolute atomic E-state index is 11.9. The molecule has 1 amide bonds. The average Bonchev–Trinajstić information content (AvgIpc) is 3.24. The first-order valence-corrected chi connectivity index (χ1v) is 12.5. The van der Waals surface area contributed by atoms with Crippen LogP contribution in [0.3, 0.4) is 0 Å². The number of hydrogen-bond donors (Lipinski definition) is 1. The summed E-state index contributed by atoms with van der Waals surface area (Å²) in [4.78, 5) is 32.4. The van der Waals surface area contributed by atoms with E-state index >= 15 is 0 Å². The monoisotopic (exact) mass is 474 g/mol. The molecule has 9 nitrogen and oxygen atoms in total. The van der Waals surface area contributed by atoms with E-state index in [9.17, 15) is 4.79 Å². The number of rotatable bonds is 6. The summed E-state index contributed by atoms with van der Waals surface area (Å²) >= 11 is 0. The van der Waals surface area contributed by atoms with Gasteiger partial charge in [0.15, 0.2) is 0 Å². The lowest BCUT2D eigenvalue weighted by Gasteiger charge is -2.35. The van der Waals surface area contributed by atoms with Crippen LogP contribution in [0.2, 0.25) is 0 Å². The highest BCUT2D eigenvalue weighted by molar-refractivity contribution is 5.87. The van der Waals surface area contributed by atoms with Crippen molar-refractivity contribution in [1.29, 1.82) is 0 Å². The number of fused-ring (bicyclic) bond motifs is 1. The molecule has 4 heterocycles. The summed E-state index contributed by atoms with van der Waals surface area (Å²) < 4.78 is 2.19. The van der Waals surface area contributed by atoms with Gasteiger partial charge in [-0.05, 0) is 49.1 Å². The van der Waals surface area contributed by atoms with Crippen LogP contribution in [0.5, 0.6) is 0 Å². The van der Waals surface area contributed by atoms with Crippen LogP contribution in [0.1, 0.15) is 25.3 Å². The van der Waals surface area contributed by atoms with Gasteiger partial charge in [0.25, 0.3) is 0 Å². The van der Waals surface area contributed by atoms with Gasteiger partial charge in [0.05, 0.1) is 11.0 Å². The molecule has 9 heteroatoms. The largest absolute Gasteiger partial charge is 0.368 e. The van der Waals surface area contributed by atoms with Gasteiger partial charge < -0.3 is 24.6 Å². The highest BCUT2D eigenvalue weighted by atomic mass is 16.2. The van der Waals surface area contributed by atoms with E-state index in [0.717, 1.165) is 73.7 Å². The summed E-state index contributed by atoms with van der Waals surface area (Å²) in [7, 11) is 2.09. The van der Waals surface area contributed by atoms with Gasteiger partial charge in [-0.1, -0.05) is 13.5 Å². The Morgan fingerprint density at radius 1 is 1.14 bits per heavy atom. The van der Waals surface area contributed by atoms with Gasteiger partial charge in [-0.25, -0.2) is 15.0 Å². The first-order chi connectivity index (χ1) is 17.1. The van der Waals surface area contributed by atoms with Gasteiger partial charge in [0, 0.05) is 70.4 Å². The quantitative estimate of drug-likeness (QED) is 0.550. The predicted molar refractivity (Wildman–Crippen MR) is 140 cm³/mol. The molecule has 0 bridgehead atoms. The molecule has 5 rings (SSSR count). The van der Waals surface area contributed by atoms with Crippen LogP contribution in [-0.2, 0) is 18.3 Å². The van der Waals surface area contributed by atoms with Gasteiger partial charge >= 0.3 is 0 Å². The third-order valence-corrected chi connectivity index (χ3v) is 7.12. The van der Waals surface area contributed by atoms with Crippen LogP contribution in [0.4, 0.5) is 17.6 Å². The molecule has 35 heavy (non-hydrogen) atoms. The Morgan fingerprint density at radius 2 is 1.91 bits per heavy atom. The second-order valence-corrected chi connectivity index (χ2v) is 9.36. The normalized spacial score (nSPS) is 18.7. The van der Waals surface area contributed by atoms with Gasteiger partial charge in [-0.3, -0.25) is 4.79 Å². The smallest absolute Gasteiger partial charge is 0.246 e. The number of piperidine rings is 1. The van der Waals surface area contributed by atoms with E-state index < -0.39 is 0 Å². The third kappa shape index (κ3) is 4.80. The fourth-order valence-corrected chi connectivity index (χ4v) is 5.04. The van der Waals surface area contributed by atoms with Gasteiger partial charge in [0.2, 0.25) is 17.8 Å².